The van der Waals surface area contributed by atoms with Crippen LogP contribution < -0.4 is 0 Å². The van der Waals surface area contributed by atoms with E-state index in [1.54, 1.807) is 20.8 Å². The molecule has 0 aliphatic heterocycles. The first-order valence-electron chi connectivity index (χ1n) is 1.59. The van der Waals surface area contributed by atoms with Gasteiger partial charge in [-0.1, -0.05) is 0 Å². The van der Waals surface area contributed by atoms with Gasteiger partial charge in [0, 0.05) is 0 Å². The van der Waals surface area contributed by atoms with Gasteiger partial charge in [-0.15, -0.1) is 0 Å². The maximum absolute atomic E-state index is 4.75. The van der Waals surface area contributed by atoms with Gasteiger partial charge in [-0.05, 0) is 0 Å². The molecule has 0 heterocycles. The van der Waals surface area contributed by atoms with Crippen molar-refractivity contribution in [2.75, 3.05) is 0 Å². The van der Waals surface area contributed by atoms with E-state index in [1.165, 1.54) is 0 Å². The summed E-state index contributed by atoms with van der Waals surface area (Å²) in [6, 6.07) is 0. The zero-order chi connectivity index (χ0) is 4.28. The summed E-state index contributed by atoms with van der Waals surface area (Å²) in [4.78, 5) is 0. The predicted molar refractivity (Wildman–Crippen MR) is 16.2 cm³/mol. The molecule has 0 aromatic carbocycles. The summed E-state index contributed by atoms with van der Waals surface area (Å²) in [6.45, 7) is 4.00. The third kappa shape index (κ3) is 4.67. The summed E-state index contributed by atoms with van der Waals surface area (Å²) in [6.07, 6.45) is 0.384. The average Bonchev–Trinajstić information content (AvgIpc) is 1.38. The quantitative estimate of drug-likeness (QED) is 0.452. The summed E-state index contributed by atoms with van der Waals surface area (Å²) < 4.78 is 4.75. The van der Waals surface area contributed by atoms with Crippen LogP contribution in [0.1, 0.15) is 13.8 Å². The van der Waals surface area contributed by atoms with Crippen LogP contribution in [0.5, 0.6) is 0 Å². The standard InChI is InChI=1S/C3H7O.Ti/c1-3(2)4;/h3H,1-2H3;/q-1;+4. The van der Waals surface area contributed by atoms with Crippen LogP contribution >= 0.6 is 0 Å². The van der Waals surface area contributed by atoms with Gasteiger partial charge >= 0.3 is 44.1 Å². The van der Waals surface area contributed by atoms with Gasteiger partial charge in [-0.2, -0.15) is 0 Å². The van der Waals surface area contributed by atoms with Gasteiger partial charge in [0.2, 0.25) is 0 Å². The Bertz CT molecular complexity index is 20.9. The van der Waals surface area contributed by atoms with Crippen molar-refractivity contribution in [1.82, 2.24) is 0 Å². The van der Waals surface area contributed by atoms with E-state index in [1.807, 2.05) is 13.8 Å². The number of rotatable bonds is 1. The van der Waals surface area contributed by atoms with E-state index < -0.39 is 0 Å². The Morgan fingerprint density at radius 2 is 1.80 bits per heavy atom. The molecule has 0 radical (unpaired) electrons. The summed E-state index contributed by atoms with van der Waals surface area (Å²) in [7, 11) is 0. The van der Waals surface area contributed by atoms with Gasteiger partial charge in [0.05, 0.1) is 0 Å². The number of hydrogen-bond acceptors (Lipinski definition) is 1. The van der Waals surface area contributed by atoms with Crippen LogP contribution in [0.15, 0.2) is 0 Å². The first kappa shape index (κ1) is 5.67. The van der Waals surface area contributed by atoms with Crippen molar-refractivity contribution in [3.63, 3.8) is 0 Å². The zero-order valence-electron chi connectivity index (χ0n) is 3.49. The summed E-state index contributed by atoms with van der Waals surface area (Å²) in [5.74, 6) is 0. The third-order valence-corrected chi connectivity index (χ3v) is 0.972. The van der Waals surface area contributed by atoms with E-state index in [2.05, 4.69) is 0 Å². The van der Waals surface area contributed by atoms with Crippen LogP contribution in [-0.2, 0) is 24.1 Å². The van der Waals surface area contributed by atoms with Gasteiger partial charge in [0.1, 0.15) is 0 Å². The molecule has 0 atom stereocenters. The second kappa shape index (κ2) is 2.89. The van der Waals surface area contributed by atoms with Crippen LogP contribution in [0.4, 0.5) is 0 Å². The minimum atomic E-state index is 0.384. The molecule has 1 nitrogen and oxygen atoms in total. The predicted octanol–water partition coefficient (Wildman–Crippen LogP) is 0.873. The molecule has 0 unspecified atom stereocenters. The fraction of sp³-hybridized carbons (Fsp3) is 1.00. The van der Waals surface area contributed by atoms with E-state index in [-0.39, 0.29) is 0 Å². The molecule has 0 spiro atoms. The molecule has 26 valence electrons. The van der Waals surface area contributed by atoms with Gasteiger partial charge in [-0.3, -0.25) is 0 Å². The van der Waals surface area contributed by atoms with Crippen molar-refractivity contribution < 1.29 is 24.1 Å². The van der Waals surface area contributed by atoms with Gasteiger partial charge in [0.15, 0.2) is 0 Å². The van der Waals surface area contributed by atoms with E-state index in [9.17, 15) is 0 Å². The van der Waals surface area contributed by atoms with Crippen molar-refractivity contribution in [1.29, 1.82) is 0 Å². The molecule has 0 bridgehead atoms. The fourth-order valence-electron chi connectivity index (χ4n) is 0. The third-order valence-electron chi connectivity index (χ3n) is 0.236. The maximum atomic E-state index is 4.75. The molecule has 0 amide bonds. The summed E-state index contributed by atoms with van der Waals surface area (Å²) in [5, 5.41) is 0. The Balaban J connectivity index is 2.54. The molecule has 2 heteroatoms. The molecule has 0 rings (SSSR count). The van der Waals surface area contributed by atoms with Crippen molar-refractivity contribution in [2.45, 2.75) is 20.0 Å². The molecule has 0 fully saturated rings. The first-order chi connectivity index (χ1) is 2.27. The van der Waals surface area contributed by atoms with Crippen LogP contribution in [0.3, 0.4) is 0 Å². The second-order valence-electron chi connectivity index (χ2n) is 1.17. The van der Waals surface area contributed by atoms with Crippen LogP contribution in [0.25, 0.3) is 0 Å². The SMILES string of the molecule is CC(C)[O][Ti+3]. The fourth-order valence-corrected chi connectivity index (χ4v) is 0. The average molecular weight is 107 g/mol. The van der Waals surface area contributed by atoms with Crippen LogP contribution in [-0.4, -0.2) is 6.10 Å². The molecule has 0 aliphatic rings. The Morgan fingerprint density at radius 1 is 1.60 bits per heavy atom. The van der Waals surface area contributed by atoms with Gasteiger partial charge in [-0.25, -0.2) is 0 Å². The monoisotopic (exact) mass is 107 g/mol. The van der Waals surface area contributed by atoms with Crippen molar-refractivity contribution in [2.24, 2.45) is 0 Å². The topological polar surface area (TPSA) is 9.23 Å². The molecule has 0 aromatic rings. The molecule has 0 N–H and O–H groups in total. The Morgan fingerprint density at radius 3 is 1.80 bits per heavy atom. The van der Waals surface area contributed by atoms with Crippen LogP contribution in [0.2, 0.25) is 0 Å². The second-order valence-corrected chi connectivity index (χ2v) is 1.53. The van der Waals surface area contributed by atoms with E-state index in [4.69, 9.17) is 3.32 Å². The summed E-state index contributed by atoms with van der Waals surface area (Å²) >= 11 is 1.70. The van der Waals surface area contributed by atoms with Crippen LogP contribution in [0, 0.1) is 0 Å². The Kier molecular flexibility index (Phi) is 3.28. The molecule has 0 saturated carbocycles. The Labute approximate surface area is 44.6 Å². The molecular formula is C3H7OTi+3. The van der Waals surface area contributed by atoms with E-state index >= 15 is 0 Å². The van der Waals surface area contributed by atoms with Gasteiger partial charge in [0.25, 0.3) is 0 Å². The van der Waals surface area contributed by atoms with Crippen molar-refractivity contribution >= 4 is 0 Å². The molecule has 0 aliphatic carbocycles. The Hall–Kier alpha value is 0.674. The molecular weight excluding hydrogens is 99.9 g/mol. The normalized spacial score (nSPS) is 9.80. The molecule has 5 heavy (non-hydrogen) atoms. The minimum absolute atomic E-state index is 0.384. The van der Waals surface area contributed by atoms with E-state index in [0.717, 1.165) is 0 Å². The van der Waals surface area contributed by atoms with E-state index in [0.29, 0.717) is 6.10 Å². The zero-order valence-corrected chi connectivity index (χ0v) is 5.05. The van der Waals surface area contributed by atoms with Crippen molar-refractivity contribution in [3.05, 3.63) is 0 Å². The molecule has 0 saturated heterocycles. The summed E-state index contributed by atoms with van der Waals surface area (Å²) in [5.41, 5.74) is 0. The first-order valence-corrected chi connectivity index (χ1v) is 2.23. The van der Waals surface area contributed by atoms with Gasteiger partial charge < -0.3 is 0 Å². The van der Waals surface area contributed by atoms with Crippen molar-refractivity contribution in [3.8, 4) is 0 Å². The number of hydrogen-bond donors (Lipinski definition) is 0. The molecule has 0 aromatic heterocycles.